The van der Waals surface area contributed by atoms with Gasteiger partial charge >= 0.3 is 0 Å². The number of carbonyl (C=O) groups excluding carboxylic acids is 1. The fourth-order valence-electron chi connectivity index (χ4n) is 3.68. The van der Waals surface area contributed by atoms with Crippen LogP contribution < -0.4 is 10.1 Å². The summed E-state index contributed by atoms with van der Waals surface area (Å²) in [4.78, 5) is 26.1. The quantitative estimate of drug-likeness (QED) is 0.250. The minimum Gasteiger partial charge on any atom is -0.477 e. The minimum absolute atomic E-state index is 0.0835. The zero-order valence-corrected chi connectivity index (χ0v) is 21.0. The van der Waals surface area contributed by atoms with Crippen LogP contribution in [-0.4, -0.2) is 37.9 Å². The van der Waals surface area contributed by atoms with Gasteiger partial charge in [0.05, 0.1) is 18.4 Å². The highest BCUT2D eigenvalue weighted by Gasteiger charge is 2.25. The molecular formula is C25H28FIN4O2. The molecule has 0 spiro atoms. The van der Waals surface area contributed by atoms with Gasteiger partial charge in [-0.1, -0.05) is 53.6 Å². The Morgan fingerprint density at radius 2 is 1.94 bits per heavy atom. The summed E-state index contributed by atoms with van der Waals surface area (Å²) in [7, 11) is 0. The Hall–Kier alpha value is -2.62. The summed E-state index contributed by atoms with van der Waals surface area (Å²) in [5.74, 6) is 0.417. The van der Waals surface area contributed by atoms with Crippen molar-refractivity contribution in [2.75, 3.05) is 11.0 Å². The van der Waals surface area contributed by atoms with Crippen LogP contribution in [0, 0.1) is 18.7 Å². The molecule has 0 saturated carbocycles. The molecule has 0 aliphatic heterocycles. The zero-order valence-electron chi connectivity index (χ0n) is 18.8. The monoisotopic (exact) mass is 562 g/mol. The summed E-state index contributed by atoms with van der Waals surface area (Å²) in [5, 5.41) is 3.24. The van der Waals surface area contributed by atoms with E-state index in [1.165, 1.54) is 12.1 Å². The number of aryl methyl sites for hydroxylation is 1. The first-order chi connectivity index (χ1) is 16.0. The second-order valence-corrected chi connectivity index (χ2v) is 8.93. The van der Waals surface area contributed by atoms with Crippen molar-refractivity contribution in [1.82, 2.24) is 20.3 Å². The number of hydrogen-bond donors (Lipinski definition) is 1. The molecule has 0 bridgehead atoms. The van der Waals surface area contributed by atoms with Crippen LogP contribution in [0.1, 0.15) is 42.1 Å². The minimum atomic E-state index is -0.404. The molecule has 3 aromatic rings. The Balaban J connectivity index is 1.80. The summed E-state index contributed by atoms with van der Waals surface area (Å²) >= 11 is 2.32. The SMILES string of the molecule is CCC[C@@H](COc1ccc(F)cn1)C(CCI)NC(=O)c1cc(C)ccc1-c1ncccn1. The second-order valence-electron chi connectivity index (χ2n) is 7.85. The first-order valence-electron chi connectivity index (χ1n) is 11.0. The van der Waals surface area contributed by atoms with Crippen molar-refractivity contribution in [3.05, 3.63) is 71.9 Å². The van der Waals surface area contributed by atoms with E-state index in [1.807, 2.05) is 25.1 Å². The lowest BCUT2D eigenvalue weighted by Crippen LogP contribution is -2.43. The molecule has 0 saturated heterocycles. The number of ether oxygens (including phenoxy) is 1. The Kier molecular flexibility index (Phi) is 9.53. The smallest absolute Gasteiger partial charge is 0.252 e. The van der Waals surface area contributed by atoms with Gasteiger partial charge in [-0.2, -0.15) is 0 Å². The number of nitrogens with one attached hydrogen (secondary N) is 1. The summed E-state index contributed by atoms with van der Waals surface area (Å²) in [6, 6.07) is 10.2. The number of amides is 1. The number of carbonyl (C=O) groups is 1. The maximum Gasteiger partial charge on any atom is 0.252 e. The summed E-state index contributed by atoms with van der Waals surface area (Å²) < 4.78 is 19.9. The van der Waals surface area contributed by atoms with Crippen LogP contribution in [0.2, 0.25) is 0 Å². The topological polar surface area (TPSA) is 77.0 Å². The average Bonchev–Trinajstić information content (AvgIpc) is 2.83. The molecule has 8 heteroatoms. The molecular weight excluding hydrogens is 534 g/mol. The third-order valence-electron chi connectivity index (χ3n) is 5.34. The molecule has 2 heterocycles. The molecule has 1 aromatic carbocycles. The van der Waals surface area contributed by atoms with E-state index in [0.717, 1.165) is 35.5 Å². The van der Waals surface area contributed by atoms with E-state index in [9.17, 15) is 9.18 Å². The lowest BCUT2D eigenvalue weighted by atomic mass is 9.93. The van der Waals surface area contributed by atoms with E-state index in [2.05, 4.69) is 49.8 Å². The number of pyridine rings is 1. The van der Waals surface area contributed by atoms with Gasteiger partial charge in [0.25, 0.3) is 5.91 Å². The molecule has 1 unspecified atom stereocenters. The maximum atomic E-state index is 13.4. The van der Waals surface area contributed by atoms with Crippen molar-refractivity contribution in [3.63, 3.8) is 0 Å². The van der Waals surface area contributed by atoms with Crippen molar-refractivity contribution in [1.29, 1.82) is 0 Å². The number of halogens is 2. The molecule has 0 fully saturated rings. The van der Waals surface area contributed by atoms with E-state index in [0.29, 0.717) is 29.4 Å². The van der Waals surface area contributed by atoms with Gasteiger partial charge in [-0.25, -0.2) is 19.3 Å². The molecule has 2 atom stereocenters. The van der Waals surface area contributed by atoms with E-state index in [1.54, 1.807) is 18.5 Å². The largest absolute Gasteiger partial charge is 0.477 e. The predicted octanol–water partition coefficient (Wildman–Crippen LogP) is 5.40. The van der Waals surface area contributed by atoms with Crippen molar-refractivity contribution in [3.8, 4) is 17.3 Å². The normalized spacial score (nSPS) is 12.7. The average molecular weight is 562 g/mol. The fraction of sp³-hybridized carbons (Fsp3) is 0.360. The Morgan fingerprint density at radius 1 is 1.15 bits per heavy atom. The zero-order chi connectivity index (χ0) is 23.6. The van der Waals surface area contributed by atoms with Crippen LogP contribution in [0.3, 0.4) is 0 Å². The van der Waals surface area contributed by atoms with E-state index < -0.39 is 5.82 Å². The molecule has 33 heavy (non-hydrogen) atoms. The highest BCUT2D eigenvalue weighted by atomic mass is 127. The molecule has 0 radical (unpaired) electrons. The highest BCUT2D eigenvalue weighted by molar-refractivity contribution is 14.1. The van der Waals surface area contributed by atoms with Crippen molar-refractivity contribution in [2.45, 2.75) is 39.2 Å². The Labute approximate surface area is 207 Å². The summed E-state index contributed by atoms with van der Waals surface area (Å²) in [5.41, 5.74) is 2.24. The molecule has 2 aromatic heterocycles. The highest BCUT2D eigenvalue weighted by Crippen LogP contribution is 2.23. The fourth-order valence-corrected chi connectivity index (χ4v) is 4.35. The van der Waals surface area contributed by atoms with Crippen molar-refractivity contribution >= 4 is 28.5 Å². The second kappa shape index (κ2) is 12.6. The van der Waals surface area contributed by atoms with E-state index >= 15 is 0 Å². The van der Waals surface area contributed by atoms with Gasteiger partial charge in [0.2, 0.25) is 5.88 Å². The summed E-state index contributed by atoms with van der Waals surface area (Å²) in [6.45, 7) is 4.45. The molecule has 0 aliphatic rings. The van der Waals surface area contributed by atoms with E-state index in [-0.39, 0.29) is 17.9 Å². The maximum absolute atomic E-state index is 13.4. The standard InChI is InChI=1S/C25H28FIN4O2/c1-3-5-18(16-33-23-9-7-19(26)15-30-23)22(10-11-27)31-25(32)21-14-17(2)6-8-20(21)24-28-12-4-13-29-24/h4,6-9,12-15,18,22H,3,5,10-11,16H2,1-2H3,(H,31,32)/t18-,22?/m0/s1. The number of nitrogens with zero attached hydrogens (tertiary/aromatic N) is 3. The van der Waals surface area contributed by atoms with Crippen LogP contribution in [0.25, 0.3) is 11.4 Å². The number of hydrogen-bond acceptors (Lipinski definition) is 5. The van der Waals surface area contributed by atoms with Crippen LogP contribution in [0.15, 0.2) is 55.0 Å². The van der Waals surface area contributed by atoms with Crippen molar-refractivity contribution in [2.24, 2.45) is 5.92 Å². The third-order valence-corrected chi connectivity index (χ3v) is 5.96. The molecule has 174 valence electrons. The first-order valence-corrected chi connectivity index (χ1v) is 12.5. The molecule has 1 amide bonds. The van der Waals surface area contributed by atoms with Gasteiger partial charge in [-0.15, -0.1) is 0 Å². The van der Waals surface area contributed by atoms with E-state index in [4.69, 9.17) is 4.74 Å². The Morgan fingerprint density at radius 3 is 2.61 bits per heavy atom. The van der Waals surface area contributed by atoms with Gasteiger partial charge in [0.15, 0.2) is 5.82 Å². The number of benzene rings is 1. The lowest BCUT2D eigenvalue weighted by Gasteiger charge is -2.28. The van der Waals surface area contributed by atoms with Gasteiger partial charge < -0.3 is 10.1 Å². The van der Waals surface area contributed by atoms with Gasteiger partial charge in [-0.05, 0) is 38.0 Å². The van der Waals surface area contributed by atoms with Gasteiger partial charge in [0, 0.05) is 40.4 Å². The third kappa shape index (κ3) is 7.18. The van der Waals surface area contributed by atoms with Crippen LogP contribution >= 0.6 is 22.6 Å². The molecule has 3 rings (SSSR count). The Bertz CT molecular complexity index is 1030. The van der Waals surface area contributed by atoms with Crippen LogP contribution in [0.4, 0.5) is 4.39 Å². The van der Waals surface area contributed by atoms with Crippen molar-refractivity contribution < 1.29 is 13.9 Å². The number of rotatable bonds is 11. The first kappa shape index (κ1) is 25.0. The lowest BCUT2D eigenvalue weighted by molar-refractivity contribution is 0.0902. The molecule has 1 N–H and O–H groups in total. The molecule has 0 aliphatic carbocycles. The summed E-state index contributed by atoms with van der Waals surface area (Å²) in [6.07, 6.45) is 7.11. The van der Waals surface area contributed by atoms with Gasteiger partial charge in [-0.3, -0.25) is 4.79 Å². The predicted molar refractivity (Wildman–Crippen MR) is 135 cm³/mol. The number of alkyl halides is 1. The molecule has 6 nitrogen and oxygen atoms in total. The van der Waals surface area contributed by atoms with Crippen LogP contribution in [0.5, 0.6) is 5.88 Å². The number of aromatic nitrogens is 3. The van der Waals surface area contributed by atoms with Crippen LogP contribution in [-0.2, 0) is 0 Å². The van der Waals surface area contributed by atoms with Gasteiger partial charge in [0.1, 0.15) is 5.82 Å².